The molecule has 0 spiro atoms. The molecule has 0 fully saturated rings. The second-order valence-corrected chi connectivity index (χ2v) is 6.21. The third-order valence-corrected chi connectivity index (χ3v) is 3.69. The number of nitrogens with one attached hydrogen (secondary N) is 1. The molecule has 28 heavy (non-hydrogen) atoms. The largest absolute Gasteiger partial charge is 0.489 e. The van der Waals surface area contributed by atoms with E-state index in [1.54, 1.807) is 12.1 Å². The van der Waals surface area contributed by atoms with Crippen LogP contribution >= 0.6 is 0 Å². The summed E-state index contributed by atoms with van der Waals surface area (Å²) >= 11 is 0. The molecule has 0 bridgehead atoms. The molecule has 0 aliphatic heterocycles. The summed E-state index contributed by atoms with van der Waals surface area (Å²) in [5, 5.41) is 2.42. The third-order valence-electron chi connectivity index (χ3n) is 3.69. The number of carbonyl (C=O) groups excluding carboxylic acids is 1. The summed E-state index contributed by atoms with van der Waals surface area (Å²) in [5.41, 5.74) is 0.973. The summed E-state index contributed by atoms with van der Waals surface area (Å²) in [7, 11) is 1.48. The SMILES string of the molecule is COCCOc1ccc(C(F)(F)F)cc1NC(=O)COc1cc(C)cc(C)c1. The molecule has 2 rings (SSSR count). The number of halogens is 3. The van der Waals surface area contributed by atoms with E-state index < -0.39 is 17.6 Å². The number of hydrogen-bond donors (Lipinski definition) is 1. The van der Waals surface area contributed by atoms with E-state index in [0.29, 0.717) is 5.75 Å². The number of carbonyl (C=O) groups is 1. The van der Waals surface area contributed by atoms with Crippen molar-refractivity contribution in [2.24, 2.45) is 0 Å². The zero-order chi connectivity index (χ0) is 20.7. The Morgan fingerprint density at radius 3 is 2.29 bits per heavy atom. The van der Waals surface area contributed by atoms with Gasteiger partial charge in [-0.15, -0.1) is 0 Å². The minimum Gasteiger partial charge on any atom is -0.489 e. The van der Waals surface area contributed by atoms with Crippen molar-refractivity contribution in [1.29, 1.82) is 0 Å². The molecule has 0 radical (unpaired) electrons. The summed E-state index contributed by atoms with van der Waals surface area (Å²) in [6.45, 7) is 3.82. The van der Waals surface area contributed by atoms with Gasteiger partial charge in [0.1, 0.15) is 18.1 Å². The molecule has 8 heteroatoms. The number of amides is 1. The topological polar surface area (TPSA) is 56.8 Å². The van der Waals surface area contributed by atoms with Crippen LogP contribution in [0, 0.1) is 13.8 Å². The fourth-order valence-electron chi connectivity index (χ4n) is 2.52. The highest BCUT2D eigenvalue weighted by atomic mass is 19.4. The van der Waals surface area contributed by atoms with Gasteiger partial charge in [-0.05, 0) is 55.3 Å². The van der Waals surface area contributed by atoms with Crippen LogP contribution in [0.2, 0.25) is 0 Å². The second-order valence-electron chi connectivity index (χ2n) is 6.21. The monoisotopic (exact) mass is 397 g/mol. The van der Waals surface area contributed by atoms with E-state index in [4.69, 9.17) is 14.2 Å². The van der Waals surface area contributed by atoms with E-state index in [2.05, 4.69) is 5.32 Å². The molecule has 152 valence electrons. The van der Waals surface area contributed by atoms with E-state index >= 15 is 0 Å². The Labute approximate surface area is 161 Å². The molecule has 2 aromatic carbocycles. The van der Waals surface area contributed by atoms with Crippen LogP contribution in [0.5, 0.6) is 11.5 Å². The van der Waals surface area contributed by atoms with Crippen molar-refractivity contribution in [3.05, 3.63) is 53.1 Å². The molecule has 0 atom stereocenters. The molecule has 0 aliphatic rings. The Balaban J connectivity index is 2.11. The highest BCUT2D eigenvalue weighted by Crippen LogP contribution is 2.35. The Morgan fingerprint density at radius 1 is 1.00 bits per heavy atom. The van der Waals surface area contributed by atoms with Gasteiger partial charge in [0.2, 0.25) is 0 Å². The standard InChI is InChI=1S/C20H22F3NO4/c1-13-8-14(2)10-16(9-13)28-12-19(25)24-17-11-15(20(21,22)23)4-5-18(17)27-7-6-26-3/h4-5,8-11H,6-7,12H2,1-3H3,(H,24,25). The van der Waals surface area contributed by atoms with Crippen molar-refractivity contribution < 1.29 is 32.2 Å². The van der Waals surface area contributed by atoms with Gasteiger partial charge in [-0.2, -0.15) is 13.2 Å². The number of hydrogen-bond acceptors (Lipinski definition) is 4. The van der Waals surface area contributed by atoms with E-state index in [1.165, 1.54) is 13.2 Å². The fraction of sp³-hybridized carbons (Fsp3) is 0.350. The maximum Gasteiger partial charge on any atom is 0.416 e. The predicted octanol–water partition coefficient (Wildman–Crippen LogP) is 4.36. The highest BCUT2D eigenvalue weighted by Gasteiger charge is 2.31. The van der Waals surface area contributed by atoms with E-state index in [1.807, 2.05) is 19.9 Å². The van der Waals surface area contributed by atoms with Crippen molar-refractivity contribution in [1.82, 2.24) is 0 Å². The number of ether oxygens (including phenoxy) is 3. The summed E-state index contributed by atoms with van der Waals surface area (Å²) in [6.07, 6.45) is -4.54. The van der Waals surface area contributed by atoms with Gasteiger partial charge in [0.25, 0.3) is 5.91 Å². The molecule has 0 saturated heterocycles. The van der Waals surface area contributed by atoms with Crippen molar-refractivity contribution in [3.63, 3.8) is 0 Å². The van der Waals surface area contributed by atoms with E-state index in [9.17, 15) is 18.0 Å². The Bertz CT molecular complexity index is 801. The molecule has 0 saturated carbocycles. The summed E-state index contributed by atoms with van der Waals surface area (Å²) in [6, 6.07) is 8.38. The van der Waals surface area contributed by atoms with Crippen LogP contribution in [0.25, 0.3) is 0 Å². The zero-order valence-electron chi connectivity index (χ0n) is 15.9. The first kappa shape index (κ1) is 21.6. The first-order valence-electron chi connectivity index (χ1n) is 8.53. The average Bonchev–Trinajstić information content (AvgIpc) is 2.59. The maximum atomic E-state index is 13.0. The lowest BCUT2D eigenvalue weighted by atomic mass is 10.1. The van der Waals surface area contributed by atoms with Gasteiger partial charge >= 0.3 is 6.18 Å². The zero-order valence-corrected chi connectivity index (χ0v) is 15.9. The van der Waals surface area contributed by atoms with Crippen molar-refractivity contribution in [2.75, 3.05) is 32.2 Å². The molecule has 0 heterocycles. The minimum atomic E-state index is -4.54. The van der Waals surface area contributed by atoms with E-state index in [0.717, 1.165) is 23.3 Å². The van der Waals surface area contributed by atoms with Gasteiger partial charge < -0.3 is 19.5 Å². The number of aryl methyl sites for hydroxylation is 2. The van der Waals surface area contributed by atoms with Crippen LogP contribution in [0.15, 0.2) is 36.4 Å². The number of alkyl halides is 3. The van der Waals surface area contributed by atoms with Gasteiger partial charge in [-0.3, -0.25) is 4.79 Å². The highest BCUT2D eigenvalue weighted by molar-refractivity contribution is 5.93. The second kappa shape index (κ2) is 9.45. The van der Waals surface area contributed by atoms with Gasteiger partial charge in [-0.1, -0.05) is 6.07 Å². The first-order chi connectivity index (χ1) is 13.2. The van der Waals surface area contributed by atoms with Gasteiger partial charge in [0.15, 0.2) is 6.61 Å². The normalized spacial score (nSPS) is 11.2. The Morgan fingerprint density at radius 2 is 1.68 bits per heavy atom. The van der Waals surface area contributed by atoms with Crippen LogP contribution in [-0.2, 0) is 15.7 Å². The average molecular weight is 397 g/mol. The summed E-state index contributed by atoms with van der Waals surface area (Å²) < 4.78 is 54.7. The van der Waals surface area contributed by atoms with Crippen molar-refractivity contribution in [3.8, 4) is 11.5 Å². The Hall–Kier alpha value is -2.74. The van der Waals surface area contributed by atoms with Crippen LogP contribution < -0.4 is 14.8 Å². The van der Waals surface area contributed by atoms with Crippen molar-refractivity contribution >= 4 is 11.6 Å². The fourth-order valence-corrected chi connectivity index (χ4v) is 2.52. The summed E-state index contributed by atoms with van der Waals surface area (Å²) in [5.74, 6) is 0.0214. The lowest BCUT2D eigenvalue weighted by Crippen LogP contribution is -2.21. The molecule has 0 unspecified atom stereocenters. The quantitative estimate of drug-likeness (QED) is 0.673. The molecular formula is C20H22F3NO4. The maximum absolute atomic E-state index is 13.0. The Kier molecular flexibility index (Phi) is 7.28. The molecule has 0 aromatic heterocycles. The number of anilines is 1. The van der Waals surface area contributed by atoms with Crippen LogP contribution in [0.4, 0.5) is 18.9 Å². The van der Waals surface area contributed by atoms with Crippen LogP contribution in [-0.4, -0.2) is 32.8 Å². The molecule has 1 N–H and O–H groups in total. The van der Waals surface area contributed by atoms with Crippen molar-refractivity contribution in [2.45, 2.75) is 20.0 Å². The summed E-state index contributed by atoms with van der Waals surface area (Å²) in [4.78, 5) is 12.2. The molecule has 5 nitrogen and oxygen atoms in total. The molecule has 1 amide bonds. The van der Waals surface area contributed by atoms with Gasteiger partial charge in [0.05, 0.1) is 17.9 Å². The predicted molar refractivity (Wildman–Crippen MR) is 98.9 cm³/mol. The third kappa shape index (κ3) is 6.45. The minimum absolute atomic E-state index is 0.0834. The smallest absolute Gasteiger partial charge is 0.416 e. The number of benzene rings is 2. The van der Waals surface area contributed by atoms with Crippen LogP contribution in [0.3, 0.4) is 0 Å². The first-order valence-corrected chi connectivity index (χ1v) is 8.53. The van der Waals surface area contributed by atoms with Crippen LogP contribution in [0.1, 0.15) is 16.7 Å². The number of rotatable bonds is 8. The lowest BCUT2D eigenvalue weighted by molar-refractivity contribution is -0.137. The van der Waals surface area contributed by atoms with Gasteiger partial charge in [-0.25, -0.2) is 0 Å². The number of methoxy groups -OCH3 is 1. The molecule has 2 aromatic rings. The van der Waals surface area contributed by atoms with Gasteiger partial charge in [0, 0.05) is 7.11 Å². The lowest BCUT2D eigenvalue weighted by Gasteiger charge is -2.15. The molecule has 0 aliphatic carbocycles. The molecular weight excluding hydrogens is 375 g/mol. The van der Waals surface area contributed by atoms with E-state index in [-0.39, 0.29) is 31.3 Å².